The summed E-state index contributed by atoms with van der Waals surface area (Å²) in [7, 11) is -0.0255. The molecule has 1 atom stereocenters. The fourth-order valence-electron chi connectivity index (χ4n) is 0.575. The van der Waals surface area contributed by atoms with Gasteiger partial charge in [0.05, 0.1) is 6.07 Å². The second-order valence-electron chi connectivity index (χ2n) is 2.17. The lowest BCUT2D eigenvalue weighted by Gasteiger charge is -1.94. The molecule has 0 aliphatic heterocycles. The van der Waals surface area contributed by atoms with Gasteiger partial charge in [0.2, 0.25) is 0 Å². The smallest absolute Gasteiger partial charge is 0.0614 e. The maximum Gasteiger partial charge on any atom is 0.0614 e. The molecule has 0 aliphatic carbocycles. The summed E-state index contributed by atoms with van der Waals surface area (Å²) >= 11 is 0. The Morgan fingerprint density at radius 1 is 1.75 bits per heavy atom. The van der Waals surface area contributed by atoms with E-state index in [2.05, 4.69) is 13.0 Å². The first-order chi connectivity index (χ1) is 3.81. The fourth-order valence-corrected chi connectivity index (χ4v) is 1.72. The zero-order valence-corrected chi connectivity index (χ0v) is 7.06. The van der Waals surface area contributed by atoms with E-state index in [0.29, 0.717) is 5.54 Å². The molecule has 0 aromatic heterocycles. The van der Waals surface area contributed by atoms with E-state index in [1.165, 1.54) is 12.5 Å². The second kappa shape index (κ2) is 4.86. The molecule has 0 saturated heterocycles. The van der Waals surface area contributed by atoms with Gasteiger partial charge >= 0.3 is 0 Å². The van der Waals surface area contributed by atoms with E-state index in [4.69, 9.17) is 5.26 Å². The molecular formula is C6H13NSi. The first-order valence-corrected chi connectivity index (χ1v) is 5.02. The fraction of sp³-hybridized carbons (Fsp3) is 0.833. The molecule has 0 radical (unpaired) electrons. The van der Waals surface area contributed by atoms with Gasteiger partial charge in [-0.3, -0.25) is 0 Å². The minimum Gasteiger partial charge on any atom is -0.198 e. The minimum atomic E-state index is -0.0255. The Balaban J connectivity index is 3.02. The quantitative estimate of drug-likeness (QED) is 0.524. The molecule has 0 aromatic carbocycles. The van der Waals surface area contributed by atoms with Crippen LogP contribution in [0.2, 0.25) is 11.6 Å². The molecule has 0 heterocycles. The Hall–Kier alpha value is -0.293. The van der Waals surface area contributed by atoms with Crippen molar-refractivity contribution in [2.24, 2.45) is 0 Å². The van der Waals surface area contributed by atoms with Crippen LogP contribution in [-0.4, -0.2) is 9.52 Å². The van der Waals surface area contributed by atoms with Crippen molar-refractivity contribution >= 4 is 9.52 Å². The van der Waals surface area contributed by atoms with Crippen LogP contribution in [0.1, 0.15) is 20.3 Å². The molecule has 1 nitrogen and oxygen atoms in total. The minimum absolute atomic E-state index is 0.0255. The summed E-state index contributed by atoms with van der Waals surface area (Å²) in [4.78, 5) is 0. The summed E-state index contributed by atoms with van der Waals surface area (Å²) in [6.45, 7) is 4.21. The van der Waals surface area contributed by atoms with Gasteiger partial charge in [-0.25, -0.2) is 0 Å². The van der Waals surface area contributed by atoms with Gasteiger partial charge in [-0.15, -0.1) is 0 Å². The van der Waals surface area contributed by atoms with Gasteiger partial charge in [-0.2, -0.15) is 5.26 Å². The molecule has 0 N–H and O–H groups in total. The molecule has 8 heavy (non-hydrogen) atoms. The standard InChI is InChI=1S/C6H13NSi/c1-3-4-8-6(2)5-7/h6H,3-4,8H2,1-2H3. The van der Waals surface area contributed by atoms with Crippen LogP contribution in [0.25, 0.3) is 0 Å². The summed E-state index contributed by atoms with van der Waals surface area (Å²) in [5.41, 5.74) is 0.398. The van der Waals surface area contributed by atoms with Crippen LogP contribution >= 0.6 is 0 Å². The Bertz CT molecular complexity index is 85.0. The Kier molecular flexibility index (Phi) is 4.68. The van der Waals surface area contributed by atoms with E-state index in [0.717, 1.165) is 0 Å². The van der Waals surface area contributed by atoms with Crippen LogP contribution in [0, 0.1) is 11.3 Å². The van der Waals surface area contributed by atoms with Gasteiger partial charge in [-0.1, -0.05) is 26.3 Å². The second-order valence-corrected chi connectivity index (χ2v) is 4.68. The van der Waals surface area contributed by atoms with E-state index in [1.807, 2.05) is 6.92 Å². The molecule has 0 aliphatic rings. The van der Waals surface area contributed by atoms with Crippen LogP contribution in [0.5, 0.6) is 0 Å². The normalized spacial score (nSPS) is 14.1. The predicted molar refractivity (Wildman–Crippen MR) is 38.7 cm³/mol. The summed E-state index contributed by atoms with van der Waals surface area (Å²) < 4.78 is 0. The van der Waals surface area contributed by atoms with Crippen molar-refractivity contribution < 1.29 is 0 Å². The highest BCUT2D eigenvalue weighted by atomic mass is 28.2. The number of hydrogen-bond acceptors (Lipinski definition) is 1. The number of nitriles is 1. The highest BCUT2D eigenvalue weighted by Gasteiger charge is 1.96. The Morgan fingerprint density at radius 2 is 2.38 bits per heavy atom. The maximum absolute atomic E-state index is 8.35. The van der Waals surface area contributed by atoms with E-state index in [9.17, 15) is 0 Å². The van der Waals surface area contributed by atoms with Gasteiger partial charge in [0.25, 0.3) is 0 Å². The van der Waals surface area contributed by atoms with E-state index >= 15 is 0 Å². The maximum atomic E-state index is 8.35. The first kappa shape index (κ1) is 7.71. The topological polar surface area (TPSA) is 23.8 Å². The number of rotatable bonds is 3. The molecular weight excluding hydrogens is 114 g/mol. The largest absolute Gasteiger partial charge is 0.198 e. The number of hydrogen-bond donors (Lipinski definition) is 0. The highest BCUT2D eigenvalue weighted by Crippen LogP contribution is 2.01. The van der Waals surface area contributed by atoms with Gasteiger partial charge in [-0.05, 0) is 0 Å². The van der Waals surface area contributed by atoms with Crippen molar-refractivity contribution in [3.05, 3.63) is 0 Å². The molecule has 0 amide bonds. The summed E-state index contributed by atoms with van der Waals surface area (Å²) in [6, 6.07) is 3.59. The zero-order chi connectivity index (χ0) is 6.41. The van der Waals surface area contributed by atoms with Gasteiger partial charge < -0.3 is 0 Å². The molecule has 2 heteroatoms. The Labute approximate surface area is 53.5 Å². The molecule has 0 fully saturated rings. The SMILES string of the molecule is CCC[SiH2]C(C)C#N. The summed E-state index contributed by atoms with van der Waals surface area (Å²) in [6.07, 6.45) is 1.26. The average molecular weight is 127 g/mol. The Morgan fingerprint density at radius 3 is 2.75 bits per heavy atom. The van der Waals surface area contributed by atoms with Crippen molar-refractivity contribution in [2.75, 3.05) is 0 Å². The molecule has 1 unspecified atom stereocenters. The summed E-state index contributed by atoms with van der Waals surface area (Å²) in [5.74, 6) is 0. The predicted octanol–water partition coefficient (Wildman–Crippen LogP) is 1.32. The number of nitrogens with zero attached hydrogens (tertiary/aromatic N) is 1. The first-order valence-electron chi connectivity index (χ1n) is 3.20. The van der Waals surface area contributed by atoms with Crippen LogP contribution in [0.3, 0.4) is 0 Å². The van der Waals surface area contributed by atoms with Crippen molar-refractivity contribution in [2.45, 2.75) is 31.9 Å². The van der Waals surface area contributed by atoms with Crippen molar-refractivity contribution in [3.63, 3.8) is 0 Å². The lowest BCUT2D eigenvalue weighted by atomic mass is 10.5. The lowest BCUT2D eigenvalue weighted by molar-refractivity contribution is 1.05. The van der Waals surface area contributed by atoms with E-state index in [-0.39, 0.29) is 9.52 Å². The van der Waals surface area contributed by atoms with Gasteiger partial charge in [0.1, 0.15) is 0 Å². The van der Waals surface area contributed by atoms with Crippen molar-refractivity contribution in [1.82, 2.24) is 0 Å². The third-order valence-corrected chi connectivity index (χ3v) is 3.38. The van der Waals surface area contributed by atoms with Crippen LogP contribution in [0.4, 0.5) is 0 Å². The van der Waals surface area contributed by atoms with Crippen LogP contribution in [-0.2, 0) is 0 Å². The van der Waals surface area contributed by atoms with Crippen molar-refractivity contribution in [1.29, 1.82) is 5.26 Å². The zero-order valence-electron chi connectivity index (χ0n) is 5.65. The van der Waals surface area contributed by atoms with Crippen LogP contribution in [0.15, 0.2) is 0 Å². The molecule has 46 valence electrons. The molecule has 0 saturated carbocycles. The third kappa shape index (κ3) is 3.88. The highest BCUT2D eigenvalue weighted by molar-refractivity contribution is 6.38. The summed E-state index contributed by atoms with van der Waals surface area (Å²) in [5, 5.41) is 8.35. The lowest BCUT2D eigenvalue weighted by Crippen LogP contribution is -1.94. The van der Waals surface area contributed by atoms with Gasteiger partial charge in [0.15, 0.2) is 0 Å². The van der Waals surface area contributed by atoms with E-state index < -0.39 is 0 Å². The van der Waals surface area contributed by atoms with Gasteiger partial charge in [0, 0.05) is 15.1 Å². The third-order valence-electron chi connectivity index (χ3n) is 1.21. The molecule has 0 bridgehead atoms. The molecule has 0 aromatic rings. The van der Waals surface area contributed by atoms with E-state index in [1.54, 1.807) is 0 Å². The van der Waals surface area contributed by atoms with Crippen molar-refractivity contribution in [3.8, 4) is 6.07 Å². The monoisotopic (exact) mass is 127 g/mol. The average Bonchev–Trinajstić information content (AvgIpc) is 1.83. The van der Waals surface area contributed by atoms with Crippen LogP contribution < -0.4 is 0 Å². The molecule has 0 spiro atoms. The molecule has 0 rings (SSSR count).